The van der Waals surface area contributed by atoms with Crippen LogP contribution in [0.3, 0.4) is 0 Å². The molecule has 0 radical (unpaired) electrons. The van der Waals surface area contributed by atoms with Gasteiger partial charge in [-0.1, -0.05) is 0 Å². The lowest BCUT2D eigenvalue weighted by atomic mass is 9.97. The van der Waals surface area contributed by atoms with Gasteiger partial charge < -0.3 is 19.5 Å². The first-order valence-electron chi connectivity index (χ1n) is 8.22. The molecule has 2 saturated heterocycles. The first-order valence-corrected chi connectivity index (χ1v) is 8.22. The molecule has 0 spiro atoms. The Kier molecular flexibility index (Phi) is 4.50. The summed E-state index contributed by atoms with van der Waals surface area (Å²) in [5.41, 5.74) is 1.09. The van der Waals surface area contributed by atoms with Crippen LogP contribution in [0.4, 0.5) is 5.95 Å². The Labute approximate surface area is 127 Å². The molecule has 1 N–H and O–H groups in total. The maximum atomic E-state index is 5.22. The van der Waals surface area contributed by atoms with E-state index in [9.17, 15) is 0 Å². The summed E-state index contributed by atoms with van der Waals surface area (Å²) in [7, 11) is 1.74. The zero-order valence-corrected chi connectivity index (χ0v) is 13.5. The molecule has 0 bridgehead atoms. The van der Waals surface area contributed by atoms with E-state index in [2.05, 4.69) is 39.8 Å². The van der Waals surface area contributed by atoms with Gasteiger partial charge in [0.05, 0.1) is 12.3 Å². The molecule has 2 aliphatic heterocycles. The average molecular weight is 292 g/mol. The predicted octanol–water partition coefficient (Wildman–Crippen LogP) is 2.44. The standard InChI is InChI=1S/C16H28N4O/c1-12-10-20(16(17-12)18-13(2)11-21-3)15-6-8-19-7-4-5-14(19)9-15/h10,13-15H,4-9,11H2,1-3H3,(H,17,18). The van der Waals surface area contributed by atoms with Crippen molar-refractivity contribution in [3.05, 3.63) is 11.9 Å². The molecule has 1 aromatic heterocycles. The highest BCUT2D eigenvalue weighted by molar-refractivity contribution is 5.31. The lowest BCUT2D eigenvalue weighted by Gasteiger charge is -2.36. The Bertz CT molecular complexity index is 473. The number of ether oxygens (including phenoxy) is 1. The second kappa shape index (κ2) is 6.36. The van der Waals surface area contributed by atoms with Crippen LogP contribution in [-0.2, 0) is 4.74 Å². The highest BCUT2D eigenvalue weighted by Crippen LogP contribution is 2.34. The van der Waals surface area contributed by atoms with Gasteiger partial charge in [0, 0.05) is 38.0 Å². The van der Waals surface area contributed by atoms with E-state index < -0.39 is 0 Å². The molecule has 3 unspecified atom stereocenters. The van der Waals surface area contributed by atoms with Gasteiger partial charge in [-0.15, -0.1) is 0 Å². The molecule has 2 fully saturated rings. The van der Waals surface area contributed by atoms with Crippen LogP contribution in [0.5, 0.6) is 0 Å². The number of hydrogen-bond acceptors (Lipinski definition) is 4. The summed E-state index contributed by atoms with van der Waals surface area (Å²) in [6.45, 7) is 7.45. The third-order valence-corrected chi connectivity index (χ3v) is 4.83. The van der Waals surface area contributed by atoms with Gasteiger partial charge in [-0.05, 0) is 46.1 Å². The Morgan fingerprint density at radius 3 is 3.05 bits per heavy atom. The molecule has 5 nitrogen and oxygen atoms in total. The molecule has 118 valence electrons. The third kappa shape index (κ3) is 3.24. The van der Waals surface area contributed by atoms with Crippen LogP contribution < -0.4 is 5.32 Å². The van der Waals surface area contributed by atoms with Gasteiger partial charge in [0.2, 0.25) is 5.95 Å². The molecule has 0 amide bonds. The Balaban J connectivity index is 1.72. The second-order valence-electron chi connectivity index (χ2n) is 6.62. The van der Waals surface area contributed by atoms with Gasteiger partial charge in [-0.25, -0.2) is 4.98 Å². The zero-order chi connectivity index (χ0) is 14.8. The molecule has 21 heavy (non-hydrogen) atoms. The number of fused-ring (bicyclic) bond motifs is 1. The van der Waals surface area contributed by atoms with Gasteiger partial charge in [0.1, 0.15) is 0 Å². The Hall–Kier alpha value is -1.07. The maximum absolute atomic E-state index is 5.22. The largest absolute Gasteiger partial charge is 0.383 e. The van der Waals surface area contributed by atoms with Crippen molar-refractivity contribution in [3.8, 4) is 0 Å². The van der Waals surface area contributed by atoms with E-state index in [0.717, 1.165) is 17.7 Å². The number of methoxy groups -OCH3 is 1. The van der Waals surface area contributed by atoms with E-state index in [4.69, 9.17) is 4.74 Å². The second-order valence-corrected chi connectivity index (χ2v) is 6.62. The van der Waals surface area contributed by atoms with E-state index in [0.29, 0.717) is 12.6 Å². The zero-order valence-electron chi connectivity index (χ0n) is 13.5. The summed E-state index contributed by atoms with van der Waals surface area (Å²) in [6.07, 6.45) is 7.45. The number of hydrogen-bond donors (Lipinski definition) is 1. The van der Waals surface area contributed by atoms with Crippen LogP contribution in [-0.4, -0.2) is 53.3 Å². The summed E-state index contributed by atoms with van der Waals surface area (Å²) < 4.78 is 7.59. The number of rotatable bonds is 5. The fourth-order valence-corrected chi connectivity index (χ4v) is 3.87. The van der Waals surface area contributed by atoms with Crippen LogP contribution in [0.25, 0.3) is 0 Å². The topological polar surface area (TPSA) is 42.3 Å². The Morgan fingerprint density at radius 1 is 1.38 bits per heavy atom. The van der Waals surface area contributed by atoms with Crippen LogP contribution in [0.15, 0.2) is 6.20 Å². The van der Waals surface area contributed by atoms with E-state index in [-0.39, 0.29) is 6.04 Å². The van der Waals surface area contributed by atoms with Crippen molar-refractivity contribution in [1.29, 1.82) is 0 Å². The molecular formula is C16H28N4O. The minimum atomic E-state index is 0.280. The fraction of sp³-hybridized carbons (Fsp3) is 0.812. The van der Waals surface area contributed by atoms with Crippen molar-refractivity contribution in [3.63, 3.8) is 0 Å². The number of piperidine rings is 1. The lowest BCUT2D eigenvalue weighted by Crippen LogP contribution is -2.39. The fourth-order valence-electron chi connectivity index (χ4n) is 3.87. The molecule has 3 heterocycles. The van der Waals surface area contributed by atoms with E-state index in [1.807, 2.05) is 0 Å². The number of aromatic nitrogens is 2. The molecule has 5 heteroatoms. The van der Waals surface area contributed by atoms with E-state index in [1.165, 1.54) is 38.8 Å². The van der Waals surface area contributed by atoms with Gasteiger partial charge in [0.15, 0.2) is 0 Å². The molecule has 3 rings (SSSR count). The Morgan fingerprint density at radius 2 is 2.24 bits per heavy atom. The molecule has 0 aromatic carbocycles. The van der Waals surface area contributed by atoms with Crippen molar-refractivity contribution in [2.24, 2.45) is 0 Å². The van der Waals surface area contributed by atoms with Gasteiger partial charge in [0.25, 0.3) is 0 Å². The van der Waals surface area contributed by atoms with Crippen molar-refractivity contribution in [2.75, 3.05) is 32.1 Å². The molecule has 3 atom stereocenters. The van der Waals surface area contributed by atoms with Gasteiger partial charge >= 0.3 is 0 Å². The number of nitrogens with zero attached hydrogens (tertiary/aromatic N) is 3. The van der Waals surface area contributed by atoms with Gasteiger partial charge in [-0.2, -0.15) is 0 Å². The summed E-state index contributed by atoms with van der Waals surface area (Å²) >= 11 is 0. The monoisotopic (exact) mass is 292 g/mol. The normalized spacial score (nSPS) is 27.6. The van der Waals surface area contributed by atoms with Crippen LogP contribution >= 0.6 is 0 Å². The number of anilines is 1. The SMILES string of the molecule is COCC(C)Nc1nc(C)cn1C1CCN2CCCC2C1. The van der Waals surface area contributed by atoms with Crippen molar-refractivity contribution in [1.82, 2.24) is 14.5 Å². The van der Waals surface area contributed by atoms with Crippen molar-refractivity contribution >= 4 is 5.95 Å². The third-order valence-electron chi connectivity index (χ3n) is 4.83. The minimum Gasteiger partial charge on any atom is -0.383 e. The predicted molar refractivity (Wildman–Crippen MR) is 84.8 cm³/mol. The number of nitrogens with one attached hydrogen (secondary N) is 1. The minimum absolute atomic E-state index is 0.280. The summed E-state index contributed by atoms with van der Waals surface area (Å²) in [4.78, 5) is 7.34. The van der Waals surface area contributed by atoms with Crippen LogP contribution in [0.2, 0.25) is 0 Å². The number of aryl methyl sites for hydroxylation is 1. The number of imidazole rings is 1. The highest BCUT2D eigenvalue weighted by Gasteiger charge is 2.33. The quantitative estimate of drug-likeness (QED) is 0.905. The lowest BCUT2D eigenvalue weighted by molar-refractivity contribution is 0.156. The molecule has 1 aromatic rings. The smallest absolute Gasteiger partial charge is 0.203 e. The summed E-state index contributed by atoms with van der Waals surface area (Å²) in [5, 5.41) is 3.50. The first kappa shape index (κ1) is 14.9. The molecule has 0 saturated carbocycles. The van der Waals surface area contributed by atoms with Crippen molar-refractivity contribution < 1.29 is 4.74 Å². The molecular weight excluding hydrogens is 264 g/mol. The van der Waals surface area contributed by atoms with Gasteiger partial charge in [-0.3, -0.25) is 0 Å². The van der Waals surface area contributed by atoms with Crippen LogP contribution in [0.1, 0.15) is 44.3 Å². The molecule has 0 aliphatic carbocycles. The molecule has 2 aliphatic rings. The first-order chi connectivity index (χ1) is 10.2. The highest BCUT2D eigenvalue weighted by atomic mass is 16.5. The van der Waals surface area contributed by atoms with E-state index in [1.54, 1.807) is 7.11 Å². The van der Waals surface area contributed by atoms with Crippen molar-refractivity contribution in [2.45, 2.75) is 57.7 Å². The summed E-state index contributed by atoms with van der Waals surface area (Å²) in [6, 6.07) is 1.65. The van der Waals surface area contributed by atoms with E-state index >= 15 is 0 Å². The summed E-state index contributed by atoms with van der Waals surface area (Å²) in [5.74, 6) is 1.01. The van der Waals surface area contributed by atoms with Crippen LogP contribution in [0, 0.1) is 6.92 Å². The average Bonchev–Trinajstić information content (AvgIpc) is 3.04. The maximum Gasteiger partial charge on any atom is 0.203 e.